The number of halogens is 2. The third-order valence-corrected chi connectivity index (χ3v) is 2.60. The minimum absolute atomic E-state index is 0.176. The molecule has 17 heavy (non-hydrogen) atoms. The number of carbonyl (C=O) groups excluding carboxylic acids is 1. The zero-order valence-electron chi connectivity index (χ0n) is 9.80. The highest BCUT2D eigenvalue weighted by Gasteiger charge is 2.11. The zero-order chi connectivity index (χ0) is 12.8. The van der Waals surface area contributed by atoms with Crippen molar-refractivity contribution >= 4 is 27.6 Å². The molecule has 0 saturated heterocycles. The Kier molecular flexibility index (Phi) is 5.41. The fourth-order valence-electron chi connectivity index (χ4n) is 1.39. The SMILES string of the molecule is CCOC(=O)CC(C)Nc1ccc(Br)cc1F. The van der Waals surface area contributed by atoms with E-state index in [1.807, 2.05) is 0 Å². The molecule has 0 aliphatic heterocycles. The van der Waals surface area contributed by atoms with E-state index in [1.54, 1.807) is 26.0 Å². The van der Waals surface area contributed by atoms with Crippen LogP contribution in [0.2, 0.25) is 0 Å². The second-order valence-corrected chi connectivity index (χ2v) is 4.59. The van der Waals surface area contributed by atoms with E-state index in [2.05, 4.69) is 21.2 Å². The smallest absolute Gasteiger partial charge is 0.307 e. The Bertz CT molecular complexity index is 398. The number of anilines is 1. The molecule has 0 aliphatic rings. The van der Waals surface area contributed by atoms with Crippen molar-refractivity contribution in [1.82, 2.24) is 0 Å². The van der Waals surface area contributed by atoms with Gasteiger partial charge in [0.05, 0.1) is 18.7 Å². The molecule has 1 aromatic carbocycles. The maximum absolute atomic E-state index is 13.5. The first kappa shape index (κ1) is 14.0. The van der Waals surface area contributed by atoms with Gasteiger partial charge in [0.2, 0.25) is 0 Å². The monoisotopic (exact) mass is 303 g/mol. The topological polar surface area (TPSA) is 38.3 Å². The van der Waals surface area contributed by atoms with Crippen LogP contribution in [0.5, 0.6) is 0 Å². The lowest BCUT2D eigenvalue weighted by molar-refractivity contribution is -0.143. The highest BCUT2D eigenvalue weighted by Crippen LogP contribution is 2.20. The number of hydrogen-bond donors (Lipinski definition) is 1. The van der Waals surface area contributed by atoms with E-state index in [4.69, 9.17) is 4.74 Å². The average molecular weight is 304 g/mol. The molecule has 1 N–H and O–H groups in total. The minimum Gasteiger partial charge on any atom is -0.466 e. The molecular weight excluding hydrogens is 289 g/mol. The Balaban J connectivity index is 2.55. The fraction of sp³-hybridized carbons (Fsp3) is 0.417. The maximum atomic E-state index is 13.5. The molecule has 0 amide bonds. The van der Waals surface area contributed by atoms with Crippen molar-refractivity contribution in [3.05, 3.63) is 28.5 Å². The van der Waals surface area contributed by atoms with Gasteiger partial charge < -0.3 is 10.1 Å². The van der Waals surface area contributed by atoms with Crippen molar-refractivity contribution in [3.63, 3.8) is 0 Å². The molecule has 0 spiro atoms. The first-order valence-corrected chi connectivity index (χ1v) is 6.19. The van der Waals surface area contributed by atoms with Gasteiger partial charge in [0, 0.05) is 10.5 Å². The molecule has 5 heteroatoms. The summed E-state index contributed by atoms with van der Waals surface area (Å²) in [5.74, 6) is -0.639. The van der Waals surface area contributed by atoms with Crippen LogP contribution in [0.25, 0.3) is 0 Å². The summed E-state index contributed by atoms with van der Waals surface area (Å²) in [7, 11) is 0. The first-order valence-electron chi connectivity index (χ1n) is 5.40. The molecule has 1 aromatic rings. The largest absolute Gasteiger partial charge is 0.466 e. The molecule has 0 bridgehead atoms. The number of benzene rings is 1. The molecule has 3 nitrogen and oxygen atoms in total. The van der Waals surface area contributed by atoms with Crippen LogP contribution in [-0.2, 0) is 9.53 Å². The Morgan fingerprint density at radius 2 is 2.29 bits per heavy atom. The molecule has 0 fully saturated rings. The van der Waals surface area contributed by atoms with Crippen LogP contribution in [0.3, 0.4) is 0 Å². The lowest BCUT2D eigenvalue weighted by Crippen LogP contribution is -2.21. The van der Waals surface area contributed by atoms with Crippen molar-refractivity contribution in [1.29, 1.82) is 0 Å². The van der Waals surface area contributed by atoms with E-state index >= 15 is 0 Å². The highest BCUT2D eigenvalue weighted by molar-refractivity contribution is 9.10. The molecule has 0 heterocycles. The fourth-order valence-corrected chi connectivity index (χ4v) is 1.73. The Hall–Kier alpha value is -1.10. The Morgan fingerprint density at radius 1 is 1.59 bits per heavy atom. The number of esters is 1. The standard InChI is InChI=1S/C12H15BrFNO2/c1-3-17-12(16)6-8(2)15-11-5-4-9(13)7-10(11)14/h4-5,7-8,15H,3,6H2,1-2H3. The van der Waals surface area contributed by atoms with Gasteiger partial charge in [0.15, 0.2) is 0 Å². The summed E-state index contributed by atoms with van der Waals surface area (Å²) in [6.45, 7) is 3.92. The predicted octanol–water partition coefficient (Wildman–Crippen LogP) is 3.34. The van der Waals surface area contributed by atoms with E-state index in [0.29, 0.717) is 16.8 Å². The third kappa shape index (κ3) is 4.73. The normalized spacial score (nSPS) is 12.0. The van der Waals surface area contributed by atoms with Gasteiger partial charge in [-0.05, 0) is 32.0 Å². The number of rotatable bonds is 5. The predicted molar refractivity (Wildman–Crippen MR) is 68.4 cm³/mol. The van der Waals surface area contributed by atoms with Crippen LogP contribution >= 0.6 is 15.9 Å². The minimum atomic E-state index is -0.352. The van der Waals surface area contributed by atoms with Crippen molar-refractivity contribution in [3.8, 4) is 0 Å². The maximum Gasteiger partial charge on any atom is 0.307 e. The lowest BCUT2D eigenvalue weighted by atomic mass is 10.2. The Morgan fingerprint density at radius 3 is 2.88 bits per heavy atom. The second-order valence-electron chi connectivity index (χ2n) is 3.68. The second kappa shape index (κ2) is 6.59. The summed E-state index contributed by atoms with van der Waals surface area (Å²) in [4.78, 5) is 11.2. The van der Waals surface area contributed by atoms with Crippen LogP contribution in [0.1, 0.15) is 20.3 Å². The van der Waals surface area contributed by atoms with Crippen molar-refractivity contribution < 1.29 is 13.9 Å². The van der Waals surface area contributed by atoms with Gasteiger partial charge >= 0.3 is 5.97 Å². The van der Waals surface area contributed by atoms with E-state index in [-0.39, 0.29) is 24.2 Å². The van der Waals surface area contributed by atoms with Crippen LogP contribution < -0.4 is 5.32 Å². The van der Waals surface area contributed by atoms with Gasteiger partial charge in [-0.25, -0.2) is 4.39 Å². The first-order chi connectivity index (χ1) is 8.02. The van der Waals surface area contributed by atoms with Gasteiger partial charge in [-0.2, -0.15) is 0 Å². The Labute approximate surface area is 108 Å². The molecule has 94 valence electrons. The summed E-state index contributed by atoms with van der Waals surface area (Å²) in [5, 5.41) is 2.93. The van der Waals surface area contributed by atoms with Gasteiger partial charge in [-0.15, -0.1) is 0 Å². The van der Waals surface area contributed by atoms with E-state index in [9.17, 15) is 9.18 Å². The van der Waals surface area contributed by atoms with Crippen LogP contribution in [0, 0.1) is 5.82 Å². The molecule has 0 aromatic heterocycles. The van der Waals surface area contributed by atoms with E-state index < -0.39 is 0 Å². The summed E-state index contributed by atoms with van der Waals surface area (Å²) in [6, 6.07) is 4.56. The van der Waals surface area contributed by atoms with E-state index in [0.717, 1.165) is 0 Å². The molecule has 1 unspecified atom stereocenters. The number of carbonyl (C=O) groups is 1. The summed E-state index contributed by atoms with van der Waals surface area (Å²) in [6.07, 6.45) is 0.212. The van der Waals surface area contributed by atoms with Gasteiger partial charge in [0.1, 0.15) is 5.82 Å². The van der Waals surface area contributed by atoms with Gasteiger partial charge in [-0.3, -0.25) is 4.79 Å². The third-order valence-electron chi connectivity index (χ3n) is 2.11. The van der Waals surface area contributed by atoms with Gasteiger partial charge in [0.25, 0.3) is 0 Å². The summed E-state index contributed by atoms with van der Waals surface area (Å²) in [5.41, 5.74) is 0.380. The molecule has 1 rings (SSSR count). The van der Waals surface area contributed by atoms with Crippen molar-refractivity contribution in [2.45, 2.75) is 26.3 Å². The number of ether oxygens (including phenoxy) is 1. The molecule has 0 radical (unpaired) electrons. The molecule has 0 aliphatic carbocycles. The molecule has 0 saturated carbocycles. The zero-order valence-corrected chi connectivity index (χ0v) is 11.4. The van der Waals surface area contributed by atoms with Crippen LogP contribution in [0.4, 0.5) is 10.1 Å². The number of nitrogens with one attached hydrogen (secondary N) is 1. The lowest BCUT2D eigenvalue weighted by Gasteiger charge is -2.15. The van der Waals surface area contributed by atoms with Gasteiger partial charge in [-0.1, -0.05) is 15.9 Å². The molecular formula is C12H15BrFNO2. The van der Waals surface area contributed by atoms with Crippen molar-refractivity contribution in [2.24, 2.45) is 0 Å². The number of hydrogen-bond acceptors (Lipinski definition) is 3. The van der Waals surface area contributed by atoms with Crippen molar-refractivity contribution in [2.75, 3.05) is 11.9 Å². The highest BCUT2D eigenvalue weighted by atomic mass is 79.9. The van der Waals surface area contributed by atoms with Crippen LogP contribution in [0.15, 0.2) is 22.7 Å². The summed E-state index contributed by atoms with van der Waals surface area (Å²) >= 11 is 3.18. The van der Waals surface area contributed by atoms with Crippen LogP contribution in [-0.4, -0.2) is 18.6 Å². The summed E-state index contributed by atoms with van der Waals surface area (Å²) < 4.78 is 19.0. The average Bonchev–Trinajstić information content (AvgIpc) is 2.22. The quantitative estimate of drug-likeness (QED) is 0.848. The van der Waals surface area contributed by atoms with E-state index in [1.165, 1.54) is 6.07 Å². The molecule has 1 atom stereocenters.